The van der Waals surface area contributed by atoms with E-state index in [0.29, 0.717) is 0 Å². The molecule has 1 rings (SSSR count). The molecule has 21 heavy (non-hydrogen) atoms. The van der Waals surface area contributed by atoms with E-state index in [1.807, 2.05) is 6.07 Å². The Morgan fingerprint density at radius 1 is 1.10 bits per heavy atom. The summed E-state index contributed by atoms with van der Waals surface area (Å²) < 4.78 is 0. The molecule has 0 aliphatic carbocycles. The quantitative estimate of drug-likeness (QED) is 0.587. The molecule has 6 nitrogen and oxygen atoms in total. The molecule has 0 spiro atoms. The predicted octanol–water partition coefficient (Wildman–Crippen LogP) is 1.64. The highest BCUT2D eigenvalue weighted by atomic mass is 16.4. The number of nitrogens with zero attached hydrogens (tertiary/aromatic N) is 1. The molecular weight excluding hydrogens is 274 g/mol. The number of benzene rings is 1. The molecule has 0 heterocycles. The Bertz CT molecular complexity index is 551. The SMILES string of the molecule is CC(=O)C(C(=O)O)C(=NCc1ccccc1)C(C)C(=O)O. The van der Waals surface area contributed by atoms with Gasteiger partial charge in [0.25, 0.3) is 0 Å². The van der Waals surface area contributed by atoms with E-state index in [0.717, 1.165) is 12.5 Å². The van der Waals surface area contributed by atoms with Gasteiger partial charge in [0.2, 0.25) is 0 Å². The summed E-state index contributed by atoms with van der Waals surface area (Å²) in [6, 6.07) is 8.99. The molecule has 1 aromatic carbocycles. The second-order valence-electron chi connectivity index (χ2n) is 4.67. The summed E-state index contributed by atoms with van der Waals surface area (Å²) in [7, 11) is 0. The Labute approximate surface area is 122 Å². The number of carbonyl (C=O) groups is 3. The number of Topliss-reactive ketones (excluding diaryl/α,β-unsaturated/α-hetero) is 1. The normalized spacial score (nSPS) is 14.3. The minimum absolute atomic E-state index is 0.130. The summed E-state index contributed by atoms with van der Waals surface area (Å²) in [5, 5.41) is 18.2. The molecule has 0 fully saturated rings. The van der Waals surface area contributed by atoms with Gasteiger partial charge in [-0.25, -0.2) is 0 Å². The highest BCUT2D eigenvalue weighted by molar-refractivity contribution is 6.22. The molecule has 0 saturated heterocycles. The average molecular weight is 291 g/mol. The van der Waals surface area contributed by atoms with Gasteiger partial charge in [-0.1, -0.05) is 30.3 Å². The fraction of sp³-hybridized carbons (Fsp3) is 0.333. The molecule has 0 amide bonds. The van der Waals surface area contributed by atoms with E-state index in [2.05, 4.69) is 4.99 Å². The highest BCUT2D eigenvalue weighted by Crippen LogP contribution is 2.14. The Morgan fingerprint density at radius 2 is 1.67 bits per heavy atom. The van der Waals surface area contributed by atoms with Crippen LogP contribution in [0.3, 0.4) is 0 Å². The first-order valence-corrected chi connectivity index (χ1v) is 6.38. The number of carboxylic acid groups (broad SMARTS) is 2. The second kappa shape index (κ2) is 7.33. The Morgan fingerprint density at radius 3 is 2.10 bits per heavy atom. The minimum atomic E-state index is -1.53. The first-order valence-electron chi connectivity index (χ1n) is 6.38. The zero-order chi connectivity index (χ0) is 16.0. The summed E-state index contributed by atoms with van der Waals surface area (Å²) in [4.78, 5) is 37.9. The van der Waals surface area contributed by atoms with Crippen molar-refractivity contribution in [2.24, 2.45) is 16.8 Å². The van der Waals surface area contributed by atoms with E-state index in [4.69, 9.17) is 10.2 Å². The molecule has 2 unspecified atom stereocenters. The smallest absolute Gasteiger partial charge is 0.319 e. The van der Waals surface area contributed by atoms with E-state index in [1.54, 1.807) is 24.3 Å². The lowest BCUT2D eigenvalue weighted by molar-refractivity contribution is -0.142. The van der Waals surface area contributed by atoms with Crippen LogP contribution in [0.1, 0.15) is 19.4 Å². The van der Waals surface area contributed by atoms with Gasteiger partial charge in [-0.2, -0.15) is 0 Å². The van der Waals surface area contributed by atoms with E-state index < -0.39 is 29.6 Å². The third-order valence-electron chi connectivity index (χ3n) is 3.05. The van der Waals surface area contributed by atoms with Crippen molar-refractivity contribution in [1.82, 2.24) is 0 Å². The van der Waals surface area contributed by atoms with Crippen LogP contribution in [0.5, 0.6) is 0 Å². The fourth-order valence-electron chi connectivity index (χ4n) is 1.88. The lowest BCUT2D eigenvalue weighted by atomic mass is 9.90. The monoisotopic (exact) mass is 291 g/mol. The fourth-order valence-corrected chi connectivity index (χ4v) is 1.88. The third kappa shape index (κ3) is 4.52. The van der Waals surface area contributed by atoms with Crippen LogP contribution < -0.4 is 0 Å². The Hall–Kier alpha value is -2.50. The van der Waals surface area contributed by atoms with E-state index in [1.165, 1.54) is 6.92 Å². The van der Waals surface area contributed by atoms with Crippen molar-refractivity contribution in [1.29, 1.82) is 0 Å². The number of hydrogen-bond donors (Lipinski definition) is 2. The van der Waals surface area contributed by atoms with Gasteiger partial charge in [0, 0.05) is 5.71 Å². The molecule has 6 heteroatoms. The molecule has 112 valence electrons. The average Bonchev–Trinajstić information content (AvgIpc) is 2.42. The lowest BCUT2D eigenvalue weighted by Gasteiger charge is -2.16. The molecular formula is C15H17NO5. The maximum atomic E-state index is 11.5. The number of rotatable bonds is 7. The molecule has 0 aliphatic heterocycles. The maximum Gasteiger partial charge on any atom is 0.319 e. The van der Waals surface area contributed by atoms with Gasteiger partial charge in [-0.3, -0.25) is 19.4 Å². The maximum absolute atomic E-state index is 11.5. The number of hydrogen-bond acceptors (Lipinski definition) is 4. The summed E-state index contributed by atoms with van der Waals surface area (Å²) in [6.45, 7) is 2.57. The van der Waals surface area contributed by atoms with Gasteiger partial charge in [-0.05, 0) is 19.4 Å². The first kappa shape index (κ1) is 16.6. The van der Waals surface area contributed by atoms with Crippen molar-refractivity contribution < 1.29 is 24.6 Å². The number of aliphatic imine (C=N–C) groups is 1. The lowest BCUT2D eigenvalue weighted by Crippen LogP contribution is -2.37. The topological polar surface area (TPSA) is 104 Å². The summed E-state index contributed by atoms with van der Waals surface area (Å²) in [5.74, 6) is -5.90. The minimum Gasteiger partial charge on any atom is -0.481 e. The number of carbonyl (C=O) groups excluding carboxylic acids is 1. The zero-order valence-corrected chi connectivity index (χ0v) is 11.8. The Balaban J connectivity index is 3.15. The van der Waals surface area contributed by atoms with Gasteiger partial charge >= 0.3 is 11.9 Å². The van der Waals surface area contributed by atoms with Gasteiger partial charge < -0.3 is 10.2 Å². The summed E-state index contributed by atoms with van der Waals surface area (Å²) in [5.41, 5.74) is 0.673. The summed E-state index contributed by atoms with van der Waals surface area (Å²) in [6.07, 6.45) is 0. The number of carboxylic acids is 2. The van der Waals surface area contributed by atoms with Crippen LogP contribution in [-0.4, -0.2) is 33.6 Å². The van der Waals surface area contributed by atoms with Gasteiger partial charge in [0.15, 0.2) is 5.92 Å². The van der Waals surface area contributed by atoms with Gasteiger partial charge in [0.1, 0.15) is 5.78 Å². The molecule has 0 radical (unpaired) electrons. The molecule has 1 aromatic rings. The van der Waals surface area contributed by atoms with Gasteiger partial charge in [0.05, 0.1) is 12.5 Å². The molecule has 2 N–H and O–H groups in total. The van der Waals surface area contributed by atoms with Crippen LogP contribution in [0.2, 0.25) is 0 Å². The number of aliphatic carboxylic acids is 2. The van der Waals surface area contributed by atoms with Crippen LogP contribution in [0.25, 0.3) is 0 Å². The molecule has 0 aliphatic rings. The zero-order valence-electron chi connectivity index (χ0n) is 11.8. The number of ketones is 1. The van der Waals surface area contributed by atoms with Gasteiger partial charge in [-0.15, -0.1) is 0 Å². The van der Waals surface area contributed by atoms with Crippen LogP contribution in [0.4, 0.5) is 0 Å². The van der Waals surface area contributed by atoms with E-state index in [-0.39, 0.29) is 12.3 Å². The third-order valence-corrected chi connectivity index (χ3v) is 3.05. The standard InChI is InChI=1S/C15H17NO5/c1-9(14(18)19)13(12(10(2)17)15(20)21)16-8-11-6-4-3-5-7-11/h3-7,9,12H,8H2,1-2H3,(H,18,19)(H,20,21). The molecule has 2 atom stereocenters. The Kier molecular flexibility index (Phi) is 5.78. The van der Waals surface area contributed by atoms with Crippen LogP contribution in [-0.2, 0) is 20.9 Å². The van der Waals surface area contributed by atoms with Crippen LogP contribution in [0.15, 0.2) is 35.3 Å². The highest BCUT2D eigenvalue weighted by Gasteiger charge is 2.34. The van der Waals surface area contributed by atoms with Crippen molar-refractivity contribution in [2.75, 3.05) is 0 Å². The van der Waals surface area contributed by atoms with Crippen LogP contribution >= 0.6 is 0 Å². The first-order chi connectivity index (χ1) is 9.84. The van der Waals surface area contributed by atoms with E-state index >= 15 is 0 Å². The summed E-state index contributed by atoms with van der Waals surface area (Å²) >= 11 is 0. The van der Waals surface area contributed by atoms with Crippen molar-refractivity contribution in [3.63, 3.8) is 0 Å². The van der Waals surface area contributed by atoms with Crippen LogP contribution in [0, 0.1) is 11.8 Å². The van der Waals surface area contributed by atoms with Crippen molar-refractivity contribution >= 4 is 23.4 Å². The largest absolute Gasteiger partial charge is 0.481 e. The second-order valence-corrected chi connectivity index (χ2v) is 4.67. The van der Waals surface area contributed by atoms with Crippen molar-refractivity contribution in [3.8, 4) is 0 Å². The predicted molar refractivity (Wildman–Crippen MR) is 76.2 cm³/mol. The van der Waals surface area contributed by atoms with Crippen molar-refractivity contribution in [2.45, 2.75) is 20.4 Å². The molecule has 0 bridgehead atoms. The molecule has 0 saturated carbocycles. The van der Waals surface area contributed by atoms with Crippen molar-refractivity contribution in [3.05, 3.63) is 35.9 Å². The van der Waals surface area contributed by atoms with E-state index in [9.17, 15) is 14.4 Å². The molecule has 0 aromatic heterocycles.